The molecule has 20 heavy (non-hydrogen) atoms. The molecule has 0 amide bonds. The van der Waals surface area contributed by atoms with Gasteiger partial charge in [-0.05, 0) is 25.1 Å². The van der Waals surface area contributed by atoms with Gasteiger partial charge in [-0.3, -0.25) is 0 Å². The number of carbonyl (C=O) groups is 1. The number of fused-ring (bicyclic) bond motifs is 1. The highest BCUT2D eigenvalue weighted by atomic mass is 35.5. The van der Waals surface area contributed by atoms with Crippen molar-refractivity contribution in [2.24, 2.45) is 5.73 Å². The van der Waals surface area contributed by atoms with E-state index in [-0.39, 0.29) is 0 Å². The highest BCUT2D eigenvalue weighted by Crippen LogP contribution is 2.24. The summed E-state index contributed by atoms with van der Waals surface area (Å²) < 4.78 is 31.7. The maximum absolute atomic E-state index is 10.6. The van der Waals surface area contributed by atoms with Gasteiger partial charge in [0, 0.05) is 10.3 Å². The number of carboxylic acid groups (broad SMARTS) is 1. The molecule has 2 aromatic heterocycles. The molecule has 0 aromatic carbocycles. The van der Waals surface area contributed by atoms with E-state index in [1.165, 1.54) is 4.88 Å². The van der Waals surface area contributed by atoms with Crippen LogP contribution >= 0.6 is 22.9 Å². The quantitative estimate of drug-likeness (QED) is 0.884. The van der Waals surface area contributed by atoms with Crippen LogP contribution in [0.5, 0.6) is 0 Å². The van der Waals surface area contributed by atoms with Crippen molar-refractivity contribution in [2.45, 2.75) is 12.6 Å². The fourth-order valence-electron chi connectivity index (χ4n) is 1.15. The van der Waals surface area contributed by atoms with Crippen LogP contribution in [0.2, 0.25) is 5.15 Å². The molecule has 0 spiro atoms. The molecule has 2 heterocycles. The van der Waals surface area contributed by atoms with E-state index in [4.69, 9.17) is 27.2 Å². The lowest BCUT2D eigenvalue weighted by Crippen LogP contribution is -2.21. The summed E-state index contributed by atoms with van der Waals surface area (Å²) in [6, 6.07) is 3.88. The first-order chi connectivity index (χ1) is 9.24. The number of halogens is 4. The van der Waals surface area contributed by atoms with Crippen molar-refractivity contribution in [2.75, 3.05) is 6.54 Å². The summed E-state index contributed by atoms with van der Waals surface area (Å²) in [5.74, 6) is -2.76. The van der Waals surface area contributed by atoms with Crippen LogP contribution in [0.15, 0.2) is 12.1 Å². The van der Waals surface area contributed by atoms with Crippen LogP contribution in [0, 0.1) is 0 Å². The van der Waals surface area contributed by atoms with Gasteiger partial charge in [-0.25, -0.2) is 4.79 Å². The second-order valence-electron chi connectivity index (χ2n) is 3.48. The van der Waals surface area contributed by atoms with E-state index in [2.05, 4.69) is 16.3 Å². The van der Waals surface area contributed by atoms with Gasteiger partial charge in [0.25, 0.3) is 0 Å². The number of aromatic nitrogens is 2. The molecule has 0 aliphatic rings. The molecule has 3 N–H and O–H groups in total. The van der Waals surface area contributed by atoms with Crippen LogP contribution in [-0.4, -0.2) is 34.0 Å². The van der Waals surface area contributed by atoms with Crippen molar-refractivity contribution in [3.05, 3.63) is 22.2 Å². The molecule has 0 radical (unpaired) electrons. The number of hydrogen-bond acceptors (Lipinski definition) is 5. The van der Waals surface area contributed by atoms with Gasteiger partial charge < -0.3 is 10.8 Å². The fraction of sp³-hybridized carbons (Fsp3) is 0.300. The molecular formula is C10H9ClF3N3O2S. The van der Waals surface area contributed by atoms with Gasteiger partial charge in [0.15, 0.2) is 5.15 Å². The molecule has 110 valence electrons. The Kier molecular flexibility index (Phi) is 5.66. The average Bonchev–Trinajstić information content (AvgIpc) is 2.70. The van der Waals surface area contributed by atoms with E-state index in [1.807, 2.05) is 6.07 Å². The first-order valence-corrected chi connectivity index (χ1v) is 6.35. The summed E-state index contributed by atoms with van der Waals surface area (Å²) in [6.45, 7) is 0.661. The summed E-state index contributed by atoms with van der Waals surface area (Å²) in [5, 5.41) is 16.4. The Morgan fingerprint density at radius 3 is 2.50 bits per heavy atom. The third-order valence-electron chi connectivity index (χ3n) is 1.94. The lowest BCUT2D eigenvalue weighted by atomic mass is 10.3. The SMILES string of the molecule is NCCc1cc2cc(Cl)nnc2s1.O=C(O)C(F)(F)F. The molecule has 0 unspecified atom stereocenters. The van der Waals surface area contributed by atoms with E-state index in [0.717, 1.165) is 16.6 Å². The van der Waals surface area contributed by atoms with E-state index < -0.39 is 12.1 Å². The summed E-state index contributed by atoms with van der Waals surface area (Å²) >= 11 is 7.33. The van der Waals surface area contributed by atoms with Gasteiger partial charge >= 0.3 is 12.1 Å². The van der Waals surface area contributed by atoms with E-state index >= 15 is 0 Å². The van der Waals surface area contributed by atoms with Gasteiger partial charge in [0.2, 0.25) is 0 Å². The number of nitrogens with two attached hydrogens (primary N) is 1. The summed E-state index contributed by atoms with van der Waals surface area (Å²) in [5.41, 5.74) is 5.46. The Bertz CT molecular complexity index is 603. The maximum Gasteiger partial charge on any atom is 0.490 e. The third kappa shape index (κ3) is 4.91. The fourth-order valence-corrected chi connectivity index (χ4v) is 2.27. The second kappa shape index (κ2) is 6.82. The van der Waals surface area contributed by atoms with Gasteiger partial charge in [-0.15, -0.1) is 21.5 Å². The molecule has 10 heteroatoms. The van der Waals surface area contributed by atoms with Crippen LogP contribution in [0.3, 0.4) is 0 Å². The van der Waals surface area contributed by atoms with Crippen molar-refractivity contribution >= 4 is 39.1 Å². The zero-order chi connectivity index (χ0) is 15.3. The van der Waals surface area contributed by atoms with E-state index in [1.54, 1.807) is 11.3 Å². The Morgan fingerprint density at radius 2 is 2.00 bits per heavy atom. The predicted octanol–water partition coefficient (Wildman–Crippen LogP) is 2.48. The van der Waals surface area contributed by atoms with Crippen LogP contribution in [0.1, 0.15) is 4.88 Å². The third-order valence-corrected chi connectivity index (χ3v) is 3.21. The number of aliphatic carboxylic acids is 1. The molecule has 2 aromatic rings. The second-order valence-corrected chi connectivity index (χ2v) is 4.98. The number of hydrogen-bond donors (Lipinski definition) is 2. The Morgan fingerprint density at radius 1 is 1.40 bits per heavy atom. The van der Waals surface area contributed by atoms with Crippen molar-refractivity contribution < 1.29 is 23.1 Å². The molecule has 0 aliphatic heterocycles. The first kappa shape index (κ1) is 16.6. The van der Waals surface area contributed by atoms with Crippen molar-refractivity contribution in [3.8, 4) is 0 Å². The number of thiophene rings is 1. The van der Waals surface area contributed by atoms with Gasteiger partial charge in [0.05, 0.1) is 0 Å². The highest BCUT2D eigenvalue weighted by molar-refractivity contribution is 7.18. The molecule has 2 rings (SSSR count). The van der Waals surface area contributed by atoms with Crippen LogP contribution in [0.25, 0.3) is 10.2 Å². The molecule has 0 aliphatic carbocycles. The molecular weight excluding hydrogens is 319 g/mol. The first-order valence-electron chi connectivity index (χ1n) is 5.16. The van der Waals surface area contributed by atoms with Crippen molar-refractivity contribution in [1.82, 2.24) is 10.2 Å². The number of carboxylic acids is 1. The zero-order valence-electron chi connectivity index (χ0n) is 9.82. The predicted molar refractivity (Wildman–Crippen MR) is 68.9 cm³/mol. The minimum absolute atomic E-state index is 0.435. The number of rotatable bonds is 2. The minimum Gasteiger partial charge on any atom is -0.475 e. The Hall–Kier alpha value is -1.45. The molecule has 0 atom stereocenters. The summed E-state index contributed by atoms with van der Waals surface area (Å²) in [4.78, 5) is 11.1. The molecule has 0 fully saturated rings. The minimum atomic E-state index is -5.08. The van der Waals surface area contributed by atoms with Crippen LogP contribution in [0.4, 0.5) is 13.2 Å². The van der Waals surface area contributed by atoms with E-state index in [0.29, 0.717) is 11.7 Å². The van der Waals surface area contributed by atoms with Gasteiger partial charge in [-0.1, -0.05) is 11.6 Å². The normalized spacial score (nSPS) is 11.1. The summed E-state index contributed by atoms with van der Waals surface area (Å²) in [6.07, 6.45) is -4.20. The standard InChI is InChI=1S/C8H8ClN3S.C2HF3O2/c9-7-4-5-3-6(1-2-10)13-8(5)12-11-7;3-2(4,5)1(6)7/h3-4H,1-2,10H2;(H,6,7). The zero-order valence-corrected chi connectivity index (χ0v) is 11.4. The lowest BCUT2D eigenvalue weighted by molar-refractivity contribution is -0.192. The highest BCUT2D eigenvalue weighted by Gasteiger charge is 2.38. The number of nitrogens with zero attached hydrogens (tertiary/aromatic N) is 2. The smallest absolute Gasteiger partial charge is 0.475 e. The number of alkyl halides is 3. The monoisotopic (exact) mass is 327 g/mol. The molecule has 0 bridgehead atoms. The Balaban J connectivity index is 0.000000246. The topological polar surface area (TPSA) is 89.1 Å². The average molecular weight is 328 g/mol. The maximum atomic E-state index is 10.6. The van der Waals surface area contributed by atoms with Gasteiger partial charge in [0.1, 0.15) is 4.83 Å². The van der Waals surface area contributed by atoms with Crippen molar-refractivity contribution in [1.29, 1.82) is 0 Å². The summed E-state index contributed by atoms with van der Waals surface area (Å²) in [7, 11) is 0. The van der Waals surface area contributed by atoms with Gasteiger partial charge in [-0.2, -0.15) is 13.2 Å². The molecule has 0 saturated heterocycles. The van der Waals surface area contributed by atoms with Crippen LogP contribution in [-0.2, 0) is 11.2 Å². The Labute approximate surface area is 120 Å². The molecule has 0 saturated carbocycles. The lowest BCUT2D eigenvalue weighted by Gasteiger charge is -1.93. The molecule has 5 nitrogen and oxygen atoms in total. The van der Waals surface area contributed by atoms with E-state index in [9.17, 15) is 13.2 Å². The largest absolute Gasteiger partial charge is 0.490 e. The van der Waals surface area contributed by atoms with Crippen LogP contribution < -0.4 is 5.73 Å². The van der Waals surface area contributed by atoms with Crippen molar-refractivity contribution in [3.63, 3.8) is 0 Å².